The van der Waals surface area contributed by atoms with Crippen LogP contribution < -0.4 is 9.47 Å². The predicted molar refractivity (Wildman–Crippen MR) is 119 cm³/mol. The Morgan fingerprint density at radius 2 is 1.74 bits per heavy atom. The van der Waals surface area contributed by atoms with E-state index in [1.54, 1.807) is 24.3 Å². The maximum atomic E-state index is 13.8. The van der Waals surface area contributed by atoms with Crippen molar-refractivity contribution < 1.29 is 37.3 Å². The van der Waals surface area contributed by atoms with E-state index < -0.39 is 29.7 Å². The molecule has 1 N–H and O–H groups in total. The topological polar surface area (TPSA) is 76.1 Å². The zero-order valence-electron chi connectivity index (χ0n) is 18.0. The minimum absolute atomic E-state index is 0.170. The van der Waals surface area contributed by atoms with Gasteiger partial charge in [0.2, 0.25) is 5.91 Å². The summed E-state index contributed by atoms with van der Waals surface area (Å²) < 4.78 is 52.3. The monoisotopic (exact) mass is 493 g/mol. The summed E-state index contributed by atoms with van der Waals surface area (Å²) in [5.74, 6) is -0.591. The molecule has 10 heteroatoms. The number of amides is 1. The average Bonchev–Trinajstić information content (AvgIpc) is 2.82. The Morgan fingerprint density at radius 1 is 1.03 bits per heavy atom. The first-order valence-corrected chi connectivity index (χ1v) is 11.5. The molecule has 0 radical (unpaired) electrons. The van der Waals surface area contributed by atoms with Gasteiger partial charge >= 0.3 is 12.1 Å². The van der Waals surface area contributed by atoms with E-state index in [-0.39, 0.29) is 12.1 Å². The van der Waals surface area contributed by atoms with Crippen LogP contribution in [0.15, 0.2) is 52.3 Å². The number of benzene rings is 2. The Balaban J connectivity index is 1.55. The molecular weight excluding hydrogens is 471 g/mol. The predicted octanol–water partition coefficient (Wildman–Crippen LogP) is 5.11. The number of carboxylic acids is 1. The number of hydrogen-bond acceptors (Lipinski definition) is 5. The van der Waals surface area contributed by atoms with Gasteiger partial charge in [0, 0.05) is 22.4 Å². The van der Waals surface area contributed by atoms with E-state index in [4.69, 9.17) is 9.47 Å². The third-order valence-electron chi connectivity index (χ3n) is 5.56. The first kappa shape index (κ1) is 24.0. The summed E-state index contributed by atoms with van der Waals surface area (Å²) in [4.78, 5) is 26.2. The third-order valence-corrected chi connectivity index (χ3v) is 6.54. The van der Waals surface area contributed by atoms with Crippen molar-refractivity contribution >= 4 is 29.7 Å². The molecule has 180 valence electrons. The molecule has 2 heterocycles. The molecule has 0 saturated carbocycles. The van der Waals surface area contributed by atoms with Gasteiger partial charge in [-0.3, -0.25) is 4.79 Å². The first-order valence-electron chi connectivity index (χ1n) is 10.7. The SMILES string of the molecule is O=C(O)C1CCCCN1C(=O)/C=C/c1ccc(Sc2ccc3c(c2)OCCO3)cc1C(F)(F)F. The van der Waals surface area contributed by atoms with Gasteiger partial charge in [-0.05, 0) is 61.2 Å². The molecule has 0 bridgehead atoms. The van der Waals surface area contributed by atoms with Crippen molar-refractivity contribution in [2.24, 2.45) is 0 Å². The third kappa shape index (κ3) is 5.49. The standard InChI is InChI=1S/C24H22F3NO5S/c25-24(26,27)18-13-16(34-17-7-8-20-21(14-17)33-12-11-32-20)6-4-15(18)5-9-22(29)28-10-2-1-3-19(28)23(30)31/h4-9,13-14,19H,1-3,10-12H2,(H,30,31)/b9-5+. The van der Waals surface area contributed by atoms with Crippen LogP contribution in [-0.4, -0.2) is 47.7 Å². The number of alkyl halides is 3. The molecule has 2 aromatic rings. The lowest BCUT2D eigenvalue weighted by atomic mass is 10.0. The zero-order chi connectivity index (χ0) is 24.3. The van der Waals surface area contributed by atoms with Gasteiger partial charge in [0.25, 0.3) is 0 Å². The molecule has 1 saturated heterocycles. The van der Waals surface area contributed by atoms with Crippen LogP contribution in [0.4, 0.5) is 13.2 Å². The second kappa shape index (κ2) is 10.0. The Bertz CT molecular complexity index is 1120. The van der Waals surface area contributed by atoms with Gasteiger partial charge < -0.3 is 19.5 Å². The average molecular weight is 494 g/mol. The number of rotatable bonds is 5. The van der Waals surface area contributed by atoms with Crippen molar-refractivity contribution in [2.75, 3.05) is 19.8 Å². The molecule has 6 nitrogen and oxygen atoms in total. The van der Waals surface area contributed by atoms with E-state index in [0.29, 0.717) is 53.8 Å². The highest BCUT2D eigenvalue weighted by Gasteiger charge is 2.34. The number of piperidine rings is 1. The molecule has 1 atom stereocenters. The van der Waals surface area contributed by atoms with E-state index >= 15 is 0 Å². The Kier molecular flexibility index (Phi) is 7.06. The number of hydrogen-bond donors (Lipinski definition) is 1. The van der Waals surface area contributed by atoms with Crippen LogP contribution >= 0.6 is 11.8 Å². The van der Waals surface area contributed by atoms with Gasteiger partial charge in [0.15, 0.2) is 11.5 Å². The van der Waals surface area contributed by atoms with E-state index in [1.165, 1.54) is 11.0 Å². The lowest BCUT2D eigenvalue weighted by Crippen LogP contribution is -2.47. The summed E-state index contributed by atoms with van der Waals surface area (Å²) in [6.07, 6.45) is -0.861. The van der Waals surface area contributed by atoms with Crippen molar-refractivity contribution in [3.8, 4) is 11.5 Å². The van der Waals surface area contributed by atoms with Crippen LogP contribution in [0.1, 0.15) is 30.4 Å². The number of likely N-dealkylation sites (tertiary alicyclic amines) is 1. The highest BCUT2D eigenvalue weighted by molar-refractivity contribution is 7.99. The fourth-order valence-corrected chi connectivity index (χ4v) is 4.81. The van der Waals surface area contributed by atoms with E-state index in [9.17, 15) is 27.9 Å². The lowest BCUT2D eigenvalue weighted by Gasteiger charge is -2.32. The highest BCUT2D eigenvalue weighted by Crippen LogP contribution is 2.40. The maximum absolute atomic E-state index is 13.8. The molecule has 1 amide bonds. The molecular formula is C24H22F3NO5S. The van der Waals surface area contributed by atoms with Gasteiger partial charge in [-0.15, -0.1) is 0 Å². The van der Waals surface area contributed by atoms with Crippen molar-refractivity contribution in [2.45, 2.75) is 41.3 Å². The first-order chi connectivity index (χ1) is 16.2. The maximum Gasteiger partial charge on any atom is 0.417 e. The molecule has 1 fully saturated rings. The Labute approximate surface area is 198 Å². The minimum Gasteiger partial charge on any atom is -0.486 e. The summed E-state index contributed by atoms with van der Waals surface area (Å²) in [6, 6.07) is 8.10. The van der Waals surface area contributed by atoms with E-state index in [0.717, 1.165) is 30.0 Å². The van der Waals surface area contributed by atoms with Crippen LogP contribution in [0.25, 0.3) is 6.08 Å². The van der Waals surface area contributed by atoms with Crippen molar-refractivity contribution in [3.05, 3.63) is 53.6 Å². The summed E-state index contributed by atoms with van der Waals surface area (Å²) in [6.45, 7) is 1.11. The minimum atomic E-state index is -4.64. The van der Waals surface area contributed by atoms with Gasteiger partial charge in [0.1, 0.15) is 19.3 Å². The van der Waals surface area contributed by atoms with Crippen molar-refractivity contribution in [1.82, 2.24) is 4.90 Å². The number of nitrogens with zero attached hydrogens (tertiary/aromatic N) is 1. The number of carbonyl (C=O) groups is 2. The number of aliphatic carboxylic acids is 1. The largest absolute Gasteiger partial charge is 0.486 e. The molecule has 1 unspecified atom stereocenters. The summed E-state index contributed by atoms with van der Waals surface area (Å²) in [5.41, 5.74) is -1.05. The smallest absolute Gasteiger partial charge is 0.417 e. The zero-order valence-corrected chi connectivity index (χ0v) is 18.8. The second-order valence-electron chi connectivity index (χ2n) is 7.87. The molecule has 2 aliphatic heterocycles. The quantitative estimate of drug-likeness (QED) is 0.584. The van der Waals surface area contributed by atoms with Crippen molar-refractivity contribution in [1.29, 1.82) is 0 Å². The fraction of sp³-hybridized carbons (Fsp3) is 0.333. The highest BCUT2D eigenvalue weighted by atomic mass is 32.2. The number of halogens is 3. The summed E-state index contributed by atoms with van der Waals surface area (Å²) in [5, 5.41) is 9.33. The van der Waals surface area contributed by atoms with E-state index in [1.807, 2.05) is 0 Å². The lowest BCUT2D eigenvalue weighted by molar-refractivity contribution is -0.150. The van der Waals surface area contributed by atoms with Crippen LogP contribution in [-0.2, 0) is 15.8 Å². The summed E-state index contributed by atoms with van der Waals surface area (Å²) in [7, 11) is 0. The molecule has 2 aromatic carbocycles. The van der Waals surface area contributed by atoms with Gasteiger partial charge in [-0.1, -0.05) is 17.8 Å². The second-order valence-corrected chi connectivity index (χ2v) is 9.02. The summed E-state index contributed by atoms with van der Waals surface area (Å²) >= 11 is 1.15. The number of carboxylic acid groups (broad SMARTS) is 1. The molecule has 34 heavy (non-hydrogen) atoms. The number of ether oxygens (including phenoxy) is 2. The molecule has 0 aliphatic carbocycles. The molecule has 4 rings (SSSR count). The Morgan fingerprint density at radius 3 is 2.47 bits per heavy atom. The van der Waals surface area contributed by atoms with Gasteiger partial charge in [0.05, 0.1) is 5.56 Å². The van der Waals surface area contributed by atoms with Crippen molar-refractivity contribution in [3.63, 3.8) is 0 Å². The molecule has 2 aliphatic rings. The van der Waals surface area contributed by atoms with Gasteiger partial charge in [-0.25, -0.2) is 4.79 Å². The van der Waals surface area contributed by atoms with Crippen LogP contribution in [0.3, 0.4) is 0 Å². The fourth-order valence-electron chi connectivity index (χ4n) is 3.92. The van der Waals surface area contributed by atoms with E-state index in [2.05, 4.69) is 0 Å². The van der Waals surface area contributed by atoms with Gasteiger partial charge in [-0.2, -0.15) is 13.2 Å². The van der Waals surface area contributed by atoms with Crippen LogP contribution in [0, 0.1) is 0 Å². The normalized spacial score (nSPS) is 18.2. The number of fused-ring (bicyclic) bond motifs is 1. The molecule has 0 spiro atoms. The number of carbonyl (C=O) groups excluding carboxylic acids is 1. The van der Waals surface area contributed by atoms with Crippen LogP contribution in [0.2, 0.25) is 0 Å². The molecule has 0 aromatic heterocycles. The Hall–Kier alpha value is -3.14. The van der Waals surface area contributed by atoms with Crippen LogP contribution in [0.5, 0.6) is 11.5 Å².